The first kappa shape index (κ1) is 21.8. The molecule has 1 atom stereocenters. The maximum Gasteiger partial charge on any atom is 0.278 e. The molecule has 0 aliphatic carbocycles. The van der Waals surface area contributed by atoms with Crippen LogP contribution in [0.1, 0.15) is 59.8 Å². The Morgan fingerprint density at radius 1 is 1.06 bits per heavy atom. The van der Waals surface area contributed by atoms with Gasteiger partial charge in [-0.3, -0.25) is 14.7 Å². The van der Waals surface area contributed by atoms with Crippen molar-refractivity contribution >= 4 is 17.5 Å². The number of carbonyl (C=O) groups is 2. The number of likely N-dealkylation sites (tertiary alicyclic amines) is 1. The molecule has 1 saturated heterocycles. The number of nitrogens with zero attached hydrogens (tertiary/aromatic N) is 3. The van der Waals surface area contributed by atoms with E-state index in [0.717, 1.165) is 49.3 Å². The molecule has 166 valence electrons. The Hall–Kier alpha value is -3.41. The predicted octanol–water partition coefficient (Wildman–Crippen LogP) is 4.59. The number of aromatic nitrogens is 2. The highest BCUT2D eigenvalue weighted by Crippen LogP contribution is 2.30. The number of piperidine rings is 1. The molecule has 0 saturated carbocycles. The van der Waals surface area contributed by atoms with Crippen molar-refractivity contribution in [2.24, 2.45) is 0 Å². The van der Waals surface area contributed by atoms with Gasteiger partial charge in [-0.25, -0.2) is 0 Å². The van der Waals surface area contributed by atoms with Crippen LogP contribution < -0.4 is 4.90 Å². The summed E-state index contributed by atoms with van der Waals surface area (Å²) in [7, 11) is 1.76. The Kier molecular flexibility index (Phi) is 6.69. The zero-order valence-electron chi connectivity index (χ0n) is 18.7. The molecule has 1 N–H and O–H groups in total. The van der Waals surface area contributed by atoms with Crippen molar-refractivity contribution in [3.63, 3.8) is 0 Å². The largest absolute Gasteiger partial charge is 0.342 e. The van der Waals surface area contributed by atoms with E-state index in [1.54, 1.807) is 11.9 Å². The topological polar surface area (TPSA) is 69.3 Å². The minimum absolute atomic E-state index is 0.0855. The molecule has 6 heteroatoms. The quantitative estimate of drug-likeness (QED) is 0.622. The maximum atomic E-state index is 13.1. The first-order valence-corrected chi connectivity index (χ1v) is 11.3. The second-order valence-corrected chi connectivity index (χ2v) is 8.38. The van der Waals surface area contributed by atoms with E-state index in [0.29, 0.717) is 5.69 Å². The average Bonchev–Trinajstić information content (AvgIpc) is 3.35. The van der Waals surface area contributed by atoms with Crippen molar-refractivity contribution in [2.75, 3.05) is 25.0 Å². The van der Waals surface area contributed by atoms with Gasteiger partial charge in [0.25, 0.3) is 5.91 Å². The first-order valence-electron chi connectivity index (χ1n) is 11.3. The van der Waals surface area contributed by atoms with Crippen LogP contribution in [0.15, 0.2) is 66.7 Å². The van der Waals surface area contributed by atoms with E-state index < -0.39 is 0 Å². The van der Waals surface area contributed by atoms with Crippen LogP contribution in [0, 0.1) is 0 Å². The van der Waals surface area contributed by atoms with Crippen LogP contribution in [0.5, 0.6) is 0 Å². The van der Waals surface area contributed by atoms with Gasteiger partial charge in [0.1, 0.15) is 0 Å². The number of hydrogen-bond donors (Lipinski definition) is 1. The molecule has 32 heavy (non-hydrogen) atoms. The van der Waals surface area contributed by atoms with Crippen molar-refractivity contribution < 1.29 is 9.59 Å². The first-order chi connectivity index (χ1) is 15.6. The third-order valence-electron chi connectivity index (χ3n) is 6.42. The van der Waals surface area contributed by atoms with Crippen LogP contribution in [0.2, 0.25) is 0 Å². The molecular formula is C26H30N4O2. The molecule has 2 heterocycles. The predicted molar refractivity (Wildman–Crippen MR) is 126 cm³/mol. The summed E-state index contributed by atoms with van der Waals surface area (Å²) in [6.07, 6.45) is 2.52. The van der Waals surface area contributed by atoms with E-state index in [1.165, 1.54) is 0 Å². The van der Waals surface area contributed by atoms with Crippen molar-refractivity contribution in [3.05, 3.63) is 83.7 Å². The zero-order chi connectivity index (χ0) is 22.5. The Morgan fingerprint density at radius 3 is 2.31 bits per heavy atom. The van der Waals surface area contributed by atoms with Crippen molar-refractivity contribution in [1.82, 2.24) is 15.1 Å². The molecule has 6 nitrogen and oxygen atoms in total. The number of benzene rings is 2. The van der Waals surface area contributed by atoms with Gasteiger partial charge < -0.3 is 9.80 Å². The second kappa shape index (κ2) is 9.81. The van der Waals surface area contributed by atoms with Gasteiger partial charge in [0, 0.05) is 37.4 Å². The highest BCUT2D eigenvalue weighted by atomic mass is 16.2. The molecule has 2 amide bonds. The summed E-state index contributed by atoms with van der Waals surface area (Å²) >= 11 is 0. The molecule has 1 aliphatic rings. The minimum Gasteiger partial charge on any atom is -0.342 e. The van der Waals surface area contributed by atoms with E-state index in [4.69, 9.17) is 0 Å². The van der Waals surface area contributed by atoms with E-state index >= 15 is 0 Å². The van der Waals surface area contributed by atoms with Crippen molar-refractivity contribution in [1.29, 1.82) is 0 Å². The fraction of sp³-hybridized carbons (Fsp3) is 0.346. The molecule has 1 unspecified atom stereocenters. The Bertz CT molecular complexity index is 1040. The molecule has 0 bridgehead atoms. The smallest absolute Gasteiger partial charge is 0.278 e. The van der Waals surface area contributed by atoms with Gasteiger partial charge in [0.2, 0.25) is 5.91 Å². The summed E-state index contributed by atoms with van der Waals surface area (Å²) < 4.78 is 0. The summed E-state index contributed by atoms with van der Waals surface area (Å²) in [6.45, 7) is 3.51. The van der Waals surface area contributed by atoms with E-state index in [-0.39, 0.29) is 23.7 Å². The number of anilines is 1. The number of nitrogens with one attached hydrogen (secondary N) is 1. The zero-order valence-corrected chi connectivity index (χ0v) is 18.7. The molecular weight excluding hydrogens is 400 g/mol. The van der Waals surface area contributed by atoms with Gasteiger partial charge in [-0.15, -0.1) is 0 Å². The molecule has 4 rings (SSSR count). The van der Waals surface area contributed by atoms with E-state index in [2.05, 4.69) is 17.1 Å². The van der Waals surface area contributed by atoms with Gasteiger partial charge in [0.05, 0.1) is 5.92 Å². The fourth-order valence-electron chi connectivity index (χ4n) is 4.47. The van der Waals surface area contributed by atoms with Gasteiger partial charge in [-0.2, -0.15) is 5.10 Å². The van der Waals surface area contributed by atoms with Crippen LogP contribution in [0.4, 0.5) is 5.69 Å². The molecule has 0 spiro atoms. The SMILES string of the molecule is CCC(C(=O)N1CCC(c2cc(C(=O)N(C)c3ccccc3)n[nH]2)CC1)c1ccccc1. The lowest BCUT2D eigenvalue weighted by Gasteiger charge is -2.34. The normalized spacial score (nSPS) is 15.4. The number of amides is 2. The lowest BCUT2D eigenvalue weighted by atomic mass is 9.90. The van der Waals surface area contributed by atoms with Gasteiger partial charge >= 0.3 is 0 Å². The van der Waals surface area contributed by atoms with Crippen molar-refractivity contribution in [3.8, 4) is 0 Å². The fourth-order valence-corrected chi connectivity index (χ4v) is 4.47. The van der Waals surface area contributed by atoms with E-state index in [9.17, 15) is 9.59 Å². The third-order valence-corrected chi connectivity index (χ3v) is 6.42. The summed E-state index contributed by atoms with van der Waals surface area (Å²) in [4.78, 5) is 29.5. The number of para-hydroxylation sites is 1. The second-order valence-electron chi connectivity index (χ2n) is 8.38. The molecule has 3 aromatic rings. The summed E-state index contributed by atoms with van der Waals surface area (Å²) in [5, 5.41) is 7.34. The summed E-state index contributed by atoms with van der Waals surface area (Å²) in [5.74, 6) is 0.256. The number of aromatic amines is 1. The number of H-pyrrole nitrogens is 1. The Morgan fingerprint density at radius 2 is 1.69 bits per heavy atom. The van der Waals surface area contributed by atoms with Gasteiger partial charge in [0.15, 0.2) is 5.69 Å². The monoisotopic (exact) mass is 430 g/mol. The highest BCUT2D eigenvalue weighted by Gasteiger charge is 2.30. The van der Waals surface area contributed by atoms with Gasteiger partial charge in [-0.1, -0.05) is 55.5 Å². The standard InChI is InChI=1S/C26H30N4O2/c1-3-22(19-10-6-4-7-11-19)25(31)30-16-14-20(15-17-30)23-18-24(28-27-23)26(32)29(2)21-12-8-5-9-13-21/h4-13,18,20,22H,3,14-17H2,1-2H3,(H,27,28). The van der Waals surface area contributed by atoms with Crippen LogP contribution in [-0.2, 0) is 4.79 Å². The lowest BCUT2D eigenvalue weighted by molar-refractivity contribution is -0.134. The lowest BCUT2D eigenvalue weighted by Crippen LogP contribution is -2.40. The van der Waals surface area contributed by atoms with Crippen LogP contribution in [0.3, 0.4) is 0 Å². The molecule has 1 aromatic heterocycles. The van der Waals surface area contributed by atoms with Crippen LogP contribution in [-0.4, -0.2) is 47.0 Å². The van der Waals surface area contributed by atoms with Crippen LogP contribution in [0.25, 0.3) is 0 Å². The van der Waals surface area contributed by atoms with E-state index in [1.807, 2.05) is 71.6 Å². The number of rotatable bonds is 6. The molecule has 2 aromatic carbocycles. The Labute approximate surface area is 189 Å². The Balaban J connectivity index is 1.37. The molecule has 0 radical (unpaired) electrons. The van der Waals surface area contributed by atoms with Crippen molar-refractivity contribution in [2.45, 2.75) is 38.0 Å². The van der Waals surface area contributed by atoms with Gasteiger partial charge in [-0.05, 0) is 43.0 Å². The minimum atomic E-state index is -0.139. The molecule has 1 fully saturated rings. The summed E-state index contributed by atoms with van der Waals surface area (Å²) in [5.41, 5.74) is 3.30. The van der Waals surface area contributed by atoms with Crippen LogP contribution >= 0.6 is 0 Å². The number of hydrogen-bond acceptors (Lipinski definition) is 3. The highest BCUT2D eigenvalue weighted by molar-refractivity contribution is 6.04. The molecule has 1 aliphatic heterocycles. The summed E-state index contributed by atoms with van der Waals surface area (Å²) in [6, 6.07) is 21.4. The third kappa shape index (κ3) is 4.59. The average molecular weight is 431 g/mol. The maximum absolute atomic E-state index is 13.1. The number of carbonyl (C=O) groups excluding carboxylic acids is 2.